The number of rotatable bonds is 11. The van der Waals surface area contributed by atoms with Gasteiger partial charge in [0, 0.05) is 37.1 Å². The predicted octanol–water partition coefficient (Wildman–Crippen LogP) is 5.24. The molecule has 0 aliphatic heterocycles. The highest BCUT2D eigenvalue weighted by Gasteiger charge is 2.07. The lowest BCUT2D eigenvalue weighted by Gasteiger charge is -2.22. The van der Waals surface area contributed by atoms with Gasteiger partial charge in [-0.2, -0.15) is 0 Å². The topological polar surface area (TPSA) is 27.7 Å². The molecule has 0 aromatic heterocycles. The van der Waals surface area contributed by atoms with Gasteiger partial charge < -0.3 is 14.4 Å². The summed E-state index contributed by atoms with van der Waals surface area (Å²) in [6.07, 6.45) is 2.21. The van der Waals surface area contributed by atoms with E-state index >= 15 is 0 Å². The quantitative estimate of drug-likeness (QED) is 0.416. The number of hydrogen-bond acceptors (Lipinski definition) is 6. The van der Waals surface area contributed by atoms with Gasteiger partial charge in [-0.15, -0.1) is 0 Å². The minimum atomic E-state index is 0.825. The number of anilines is 2. The third-order valence-electron chi connectivity index (χ3n) is 3.80. The van der Waals surface area contributed by atoms with E-state index in [9.17, 15) is 0 Å². The number of nitrogens with zero attached hydrogens (tertiary/aromatic N) is 2. The lowest BCUT2D eigenvalue weighted by atomic mass is 10.2. The molecule has 2 rings (SSSR count). The molecule has 0 aliphatic rings. The second kappa shape index (κ2) is 11.4. The van der Waals surface area contributed by atoms with Crippen molar-refractivity contribution in [2.75, 3.05) is 51.0 Å². The molecular weight excluding hydrogens is 362 g/mol. The van der Waals surface area contributed by atoms with Crippen molar-refractivity contribution in [2.24, 2.45) is 0 Å². The third-order valence-corrected chi connectivity index (χ3v) is 5.48. The molecule has 0 saturated heterocycles. The summed E-state index contributed by atoms with van der Waals surface area (Å²) in [6, 6.07) is 17.1. The maximum Gasteiger partial charge on any atom is 0.0679 e. The summed E-state index contributed by atoms with van der Waals surface area (Å²) in [5, 5.41) is 0. The van der Waals surface area contributed by atoms with Crippen molar-refractivity contribution in [3.05, 3.63) is 48.5 Å². The Morgan fingerprint density at radius 2 is 1.62 bits per heavy atom. The van der Waals surface area contributed by atoms with E-state index in [0.29, 0.717) is 0 Å². The zero-order valence-electron chi connectivity index (χ0n) is 16.1. The number of para-hydroxylation sites is 2. The second-order valence-corrected chi connectivity index (χ2v) is 8.48. The largest absolute Gasteiger partial charge is 0.385 e. The van der Waals surface area contributed by atoms with Crippen LogP contribution < -0.4 is 9.62 Å². The highest BCUT2D eigenvalue weighted by molar-refractivity contribution is 8.00. The molecule has 0 amide bonds. The number of ether oxygens (including phenoxy) is 1. The molecule has 0 saturated carbocycles. The van der Waals surface area contributed by atoms with Gasteiger partial charge in [0.15, 0.2) is 0 Å². The molecule has 142 valence electrons. The third kappa shape index (κ3) is 7.11. The monoisotopic (exact) mass is 391 g/mol. The minimum absolute atomic E-state index is 0.825. The van der Waals surface area contributed by atoms with Crippen LogP contribution in [0.5, 0.6) is 0 Å². The molecule has 1 N–H and O–H groups in total. The lowest BCUT2D eigenvalue weighted by molar-refractivity contribution is 0.193. The zero-order chi connectivity index (χ0) is 18.8. The Kier molecular flexibility index (Phi) is 9.18. The van der Waals surface area contributed by atoms with Crippen molar-refractivity contribution in [1.29, 1.82) is 0 Å². The van der Waals surface area contributed by atoms with Crippen LogP contribution in [0.1, 0.15) is 12.8 Å². The molecule has 0 radical (unpaired) electrons. The van der Waals surface area contributed by atoms with Gasteiger partial charge in [-0.05, 0) is 87.2 Å². The van der Waals surface area contributed by atoms with E-state index in [-0.39, 0.29) is 0 Å². The van der Waals surface area contributed by atoms with E-state index in [4.69, 9.17) is 4.74 Å². The lowest BCUT2D eigenvalue weighted by Crippen LogP contribution is -2.19. The van der Waals surface area contributed by atoms with Crippen molar-refractivity contribution in [2.45, 2.75) is 22.6 Å². The van der Waals surface area contributed by atoms with E-state index < -0.39 is 0 Å². The first-order valence-electron chi connectivity index (χ1n) is 8.77. The molecule has 0 spiro atoms. The van der Waals surface area contributed by atoms with Gasteiger partial charge in [-0.3, -0.25) is 4.31 Å². The van der Waals surface area contributed by atoms with Crippen molar-refractivity contribution >= 4 is 35.3 Å². The second-order valence-electron chi connectivity index (χ2n) is 6.22. The van der Waals surface area contributed by atoms with Crippen LogP contribution in [-0.4, -0.2) is 45.7 Å². The molecule has 2 aromatic carbocycles. The minimum Gasteiger partial charge on any atom is -0.385 e. The van der Waals surface area contributed by atoms with E-state index in [1.807, 2.05) is 0 Å². The SMILES string of the molecule is COCCCCN(C)c1ccccc1NSc1ccc(SN(C)C)cc1. The maximum absolute atomic E-state index is 5.13. The molecule has 0 aliphatic carbocycles. The number of methoxy groups -OCH3 is 1. The van der Waals surface area contributed by atoms with Crippen LogP contribution in [0.25, 0.3) is 0 Å². The average molecular weight is 392 g/mol. The Balaban J connectivity index is 1.93. The Morgan fingerprint density at radius 3 is 2.31 bits per heavy atom. The van der Waals surface area contributed by atoms with Gasteiger partial charge in [0.05, 0.1) is 11.4 Å². The van der Waals surface area contributed by atoms with Gasteiger partial charge in [0.1, 0.15) is 0 Å². The molecule has 4 nitrogen and oxygen atoms in total. The highest BCUT2D eigenvalue weighted by atomic mass is 32.2. The first-order valence-corrected chi connectivity index (χ1v) is 10.4. The van der Waals surface area contributed by atoms with Gasteiger partial charge in [-0.1, -0.05) is 12.1 Å². The van der Waals surface area contributed by atoms with E-state index in [0.717, 1.165) is 31.7 Å². The zero-order valence-corrected chi connectivity index (χ0v) is 17.7. The van der Waals surface area contributed by atoms with Crippen LogP contribution in [0, 0.1) is 0 Å². The molecule has 6 heteroatoms. The number of benzene rings is 2. The molecule has 0 bridgehead atoms. The van der Waals surface area contributed by atoms with E-state index in [1.165, 1.54) is 15.5 Å². The molecule has 2 aromatic rings. The summed E-state index contributed by atoms with van der Waals surface area (Å²) >= 11 is 3.37. The summed E-state index contributed by atoms with van der Waals surface area (Å²) in [6.45, 7) is 1.84. The van der Waals surface area contributed by atoms with Crippen LogP contribution in [-0.2, 0) is 4.74 Å². The van der Waals surface area contributed by atoms with Gasteiger partial charge in [0.2, 0.25) is 0 Å². The number of hydrogen-bond donors (Lipinski definition) is 1. The van der Waals surface area contributed by atoms with Crippen molar-refractivity contribution in [1.82, 2.24) is 4.31 Å². The first kappa shape index (κ1) is 21.0. The Bertz CT molecular complexity index is 650. The Hall–Kier alpha value is -1.34. The van der Waals surface area contributed by atoms with Gasteiger partial charge in [-0.25, -0.2) is 0 Å². The fourth-order valence-corrected chi connectivity index (χ4v) is 3.85. The fourth-order valence-electron chi connectivity index (χ4n) is 2.50. The van der Waals surface area contributed by atoms with Crippen molar-refractivity contribution < 1.29 is 4.74 Å². The Labute approximate surface area is 166 Å². The summed E-state index contributed by atoms with van der Waals surface area (Å²) in [5.74, 6) is 0. The molecule has 0 heterocycles. The average Bonchev–Trinajstić information content (AvgIpc) is 2.64. The number of nitrogens with one attached hydrogen (secondary N) is 1. The van der Waals surface area contributed by atoms with Crippen molar-refractivity contribution in [3.8, 4) is 0 Å². The summed E-state index contributed by atoms with van der Waals surface area (Å²) in [5.41, 5.74) is 2.36. The molecule has 0 atom stereocenters. The molecule has 0 unspecified atom stereocenters. The molecular formula is C20H29N3OS2. The summed E-state index contributed by atoms with van der Waals surface area (Å²) in [7, 11) is 8.01. The standard InChI is InChI=1S/C20H29N3OS2/c1-22(2)26-18-13-11-17(12-14-18)25-21-19-9-5-6-10-20(19)23(3)15-7-8-16-24-4/h5-6,9-14,21H,7-8,15-16H2,1-4H3. The molecule has 0 fully saturated rings. The van der Waals surface area contributed by atoms with Crippen LogP contribution in [0.4, 0.5) is 11.4 Å². The Morgan fingerprint density at radius 1 is 0.923 bits per heavy atom. The van der Waals surface area contributed by atoms with Crippen LogP contribution >= 0.6 is 23.9 Å². The van der Waals surface area contributed by atoms with Crippen LogP contribution in [0.15, 0.2) is 58.3 Å². The smallest absolute Gasteiger partial charge is 0.0679 e. The first-order chi connectivity index (χ1) is 12.6. The normalized spacial score (nSPS) is 11.0. The van der Waals surface area contributed by atoms with Gasteiger partial charge in [0.25, 0.3) is 0 Å². The van der Waals surface area contributed by atoms with Crippen molar-refractivity contribution in [3.63, 3.8) is 0 Å². The van der Waals surface area contributed by atoms with E-state index in [1.54, 1.807) is 31.0 Å². The molecule has 26 heavy (non-hydrogen) atoms. The number of unbranched alkanes of at least 4 members (excludes halogenated alkanes) is 1. The van der Waals surface area contributed by atoms with Gasteiger partial charge >= 0.3 is 0 Å². The fraction of sp³-hybridized carbons (Fsp3) is 0.400. The summed E-state index contributed by atoms with van der Waals surface area (Å²) < 4.78 is 10.7. The predicted molar refractivity (Wildman–Crippen MR) is 116 cm³/mol. The summed E-state index contributed by atoms with van der Waals surface area (Å²) in [4.78, 5) is 4.75. The van der Waals surface area contributed by atoms with Crippen LogP contribution in [0.2, 0.25) is 0 Å². The van der Waals surface area contributed by atoms with E-state index in [2.05, 4.69) is 83.6 Å². The van der Waals surface area contributed by atoms with Crippen LogP contribution in [0.3, 0.4) is 0 Å². The highest BCUT2D eigenvalue weighted by Crippen LogP contribution is 2.30. The maximum atomic E-state index is 5.13.